The van der Waals surface area contributed by atoms with Gasteiger partial charge in [-0.2, -0.15) is 0 Å². The maximum atomic E-state index is 13.7. The highest BCUT2D eigenvalue weighted by Gasteiger charge is 2.68. The average Bonchev–Trinajstić information content (AvgIpc) is 3.19. The Balaban J connectivity index is 0.000000215. The summed E-state index contributed by atoms with van der Waals surface area (Å²) in [4.78, 5) is 80.1. The molecule has 2 aromatic carbocycles. The molecule has 2 aromatic rings. The summed E-state index contributed by atoms with van der Waals surface area (Å²) < 4.78 is 0. The Hall–Kier alpha value is -5.84. The number of hydrogen-bond donors (Lipinski definition) is 12. The molecule has 2 saturated carbocycles. The predicted molar refractivity (Wildman–Crippen MR) is 232 cm³/mol. The maximum Gasteiger partial charge on any atom is 0.255 e. The van der Waals surface area contributed by atoms with Gasteiger partial charge in [-0.05, 0) is 78.6 Å². The van der Waals surface area contributed by atoms with Crippen molar-refractivity contribution in [3.63, 3.8) is 0 Å². The number of phenols is 2. The van der Waals surface area contributed by atoms with Crippen LogP contribution in [0.25, 0.3) is 11.5 Å². The van der Waals surface area contributed by atoms with Crippen molar-refractivity contribution in [1.29, 1.82) is 0 Å². The summed E-state index contributed by atoms with van der Waals surface area (Å²) >= 11 is 6.28. The molecule has 8 rings (SSSR count). The van der Waals surface area contributed by atoms with Gasteiger partial charge in [0.05, 0.1) is 34.4 Å². The van der Waals surface area contributed by atoms with Crippen LogP contribution in [0.4, 0.5) is 0 Å². The van der Waals surface area contributed by atoms with Crippen molar-refractivity contribution in [2.24, 2.45) is 35.1 Å². The summed E-state index contributed by atoms with van der Waals surface area (Å²) in [6.45, 7) is 2.74. The highest BCUT2D eigenvalue weighted by atomic mass is 35.5. The van der Waals surface area contributed by atoms with Gasteiger partial charge in [0.1, 0.15) is 45.7 Å². The number of primary amides is 2. The van der Waals surface area contributed by atoms with E-state index in [1.165, 1.54) is 82.2 Å². The Morgan fingerprint density at radius 1 is 0.636 bits per heavy atom. The van der Waals surface area contributed by atoms with Gasteiger partial charge in [-0.15, -0.1) is 12.4 Å². The monoisotopic (exact) mass is 958 g/mol. The van der Waals surface area contributed by atoms with Crippen LogP contribution >= 0.6 is 24.0 Å². The van der Waals surface area contributed by atoms with Crippen LogP contribution in [0.3, 0.4) is 0 Å². The minimum Gasteiger partial charge on any atom is -0.508 e. The molecule has 22 heteroatoms. The summed E-state index contributed by atoms with van der Waals surface area (Å²) in [5.74, 6) is -16.2. The van der Waals surface area contributed by atoms with Crippen LogP contribution in [0.15, 0.2) is 64.1 Å². The number of nitrogens with zero attached hydrogens (tertiary/aromatic N) is 2. The number of hydrogen-bond acceptors (Lipinski definition) is 18. The number of aliphatic hydroxyl groups excluding tert-OH is 4. The molecule has 6 aliphatic carbocycles. The number of phenolic OH excluding ortho intramolecular Hbond substituents is 2. The standard InChI is InChI=1S/C22H23ClN2O8.C22H24N2O8.ClH/c1-21(32)7-6-8-15(25(2)3)17(28)13(20(24)31)19(30)22(8,33)18(29)11(7)16(27)12-10(26)5-4-9(23)14(12)21;1-21(31)8-5-4-6-11(25)12(8)16(26)13-9(21)7-10-15(24(2)3)17(27)14(20(23)30)19(29)22(10,32)18(13)28;/h4-5,7-8,15,26-27,30,32-33H,6H2,1-3H3,(H2,24,31);4-6,9-10,15,25-26,29,31-32H,7H2,1-3H3,(H2,23,30);1H/t7-,8-,15-,21-,22-;9-,10-,15-,21+,22-;/m00./s1. The summed E-state index contributed by atoms with van der Waals surface area (Å²) in [5.41, 5.74) is -1.65. The van der Waals surface area contributed by atoms with Crippen molar-refractivity contribution < 1.29 is 79.8 Å². The van der Waals surface area contributed by atoms with E-state index >= 15 is 0 Å². The zero-order valence-electron chi connectivity index (χ0n) is 36.0. The summed E-state index contributed by atoms with van der Waals surface area (Å²) in [7, 11) is 5.98. The van der Waals surface area contributed by atoms with Crippen molar-refractivity contribution in [3.8, 4) is 11.5 Å². The number of amides is 2. The molecule has 354 valence electrons. The van der Waals surface area contributed by atoms with E-state index in [1.54, 1.807) is 0 Å². The normalized spacial score (nSPS) is 33.5. The van der Waals surface area contributed by atoms with Crippen molar-refractivity contribution >= 4 is 70.5 Å². The number of carbonyl (C=O) groups is 6. The molecule has 2 fully saturated rings. The van der Waals surface area contributed by atoms with Crippen molar-refractivity contribution in [2.75, 3.05) is 28.2 Å². The highest BCUT2D eigenvalue weighted by Crippen LogP contribution is 2.60. The van der Waals surface area contributed by atoms with Crippen LogP contribution in [0.2, 0.25) is 5.02 Å². The van der Waals surface area contributed by atoms with Crippen molar-refractivity contribution in [3.05, 3.63) is 91.4 Å². The Bertz CT molecular complexity index is 2720. The molecule has 20 nitrogen and oxygen atoms in total. The number of ketones is 4. The zero-order valence-corrected chi connectivity index (χ0v) is 37.6. The molecular formula is C44H48Cl2N4O16. The van der Waals surface area contributed by atoms with Gasteiger partial charge in [0.25, 0.3) is 11.8 Å². The lowest BCUT2D eigenvalue weighted by Crippen LogP contribution is -2.67. The van der Waals surface area contributed by atoms with Crippen LogP contribution in [0.1, 0.15) is 48.9 Å². The second-order valence-electron chi connectivity index (χ2n) is 18.0. The van der Waals surface area contributed by atoms with Gasteiger partial charge >= 0.3 is 0 Å². The number of likely N-dealkylation sites (N-methyl/N-ethyl adjacent to an activating group) is 2. The fourth-order valence-electron chi connectivity index (χ4n) is 11.1. The second kappa shape index (κ2) is 15.9. The van der Waals surface area contributed by atoms with E-state index in [9.17, 15) is 79.8 Å². The first kappa shape index (κ1) is 49.6. The molecule has 0 saturated heterocycles. The second-order valence-corrected chi connectivity index (χ2v) is 18.4. The molecule has 6 aliphatic rings. The van der Waals surface area contributed by atoms with Gasteiger partial charge in [-0.25, -0.2) is 0 Å². The number of aliphatic hydroxyl groups is 8. The van der Waals surface area contributed by atoms with E-state index < -0.39 is 150 Å². The average molecular weight is 960 g/mol. The lowest BCUT2D eigenvalue weighted by Gasteiger charge is -2.53. The molecular weight excluding hydrogens is 911 g/mol. The summed E-state index contributed by atoms with van der Waals surface area (Å²) in [5, 5.41) is 110. The van der Waals surface area contributed by atoms with Crippen molar-refractivity contribution in [2.45, 2.75) is 61.2 Å². The molecule has 0 aromatic heterocycles. The van der Waals surface area contributed by atoms with Gasteiger partial charge in [0.2, 0.25) is 11.6 Å². The van der Waals surface area contributed by atoms with Crippen LogP contribution in [-0.2, 0) is 40.0 Å². The number of fused-ring (bicyclic) bond motifs is 6. The Labute approximate surface area is 386 Å². The van der Waals surface area contributed by atoms with Gasteiger partial charge < -0.3 is 62.5 Å². The van der Waals surface area contributed by atoms with Crippen LogP contribution in [-0.4, -0.2) is 147 Å². The summed E-state index contributed by atoms with van der Waals surface area (Å²) in [6, 6.07) is 4.26. The topological polar surface area (TPSA) is 363 Å². The first-order chi connectivity index (χ1) is 30.0. The van der Waals surface area contributed by atoms with Gasteiger partial charge in [-0.1, -0.05) is 23.7 Å². The number of rotatable bonds is 4. The van der Waals surface area contributed by atoms with Crippen LogP contribution in [0.5, 0.6) is 11.5 Å². The predicted octanol–water partition coefficient (Wildman–Crippen LogP) is 0.333. The third kappa shape index (κ3) is 6.34. The third-order valence-electron chi connectivity index (χ3n) is 14.1. The number of nitrogens with two attached hydrogens (primary N) is 2. The van der Waals surface area contributed by atoms with E-state index in [0.29, 0.717) is 0 Å². The minimum absolute atomic E-state index is 0. The van der Waals surface area contributed by atoms with Crippen molar-refractivity contribution in [1.82, 2.24) is 9.80 Å². The molecule has 10 atom stereocenters. The molecule has 0 heterocycles. The van der Waals surface area contributed by atoms with E-state index in [0.717, 1.165) is 0 Å². The third-order valence-corrected chi connectivity index (χ3v) is 14.4. The van der Waals surface area contributed by atoms with Crippen LogP contribution < -0.4 is 11.5 Å². The van der Waals surface area contributed by atoms with Gasteiger partial charge in [0.15, 0.2) is 22.8 Å². The van der Waals surface area contributed by atoms with Gasteiger partial charge in [0, 0.05) is 45.4 Å². The molecule has 0 unspecified atom stereocenters. The van der Waals surface area contributed by atoms with E-state index in [2.05, 4.69) is 0 Å². The lowest BCUT2D eigenvalue weighted by molar-refractivity contribution is -0.160. The highest BCUT2D eigenvalue weighted by molar-refractivity contribution is 6.32. The molecule has 0 aliphatic heterocycles. The van der Waals surface area contributed by atoms with Gasteiger partial charge in [-0.3, -0.25) is 38.6 Å². The number of halogens is 2. The van der Waals surface area contributed by atoms with E-state index in [-0.39, 0.29) is 52.5 Å². The molecule has 0 spiro atoms. The quantitative estimate of drug-likeness (QED) is 0.184. The molecule has 66 heavy (non-hydrogen) atoms. The zero-order chi connectivity index (χ0) is 48.7. The first-order valence-corrected chi connectivity index (χ1v) is 20.4. The Morgan fingerprint density at radius 2 is 1.03 bits per heavy atom. The fourth-order valence-corrected chi connectivity index (χ4v) is 11.4. The van der Waals surface area contributed by atoms with Crippen LogP contribution in [0, 0.1) is 23.7 Å². The van der Waals surface area contributed by atoms with E-state index in [1.807, 2.05) is 0 Å². The lowest BCUT2D eigenvalue weighted by atomic mass is 9.54. The number of Topliss-reactive ketones (excluding diaryl/α,β-unsaturated/α-hetero) is 4. The Morgan fingerprint density at radius 3 is 1.44 bits per heavy atom. The Kier molecular flexibility index (Phi) is 12.0. The first-order valence-electron chi connectivity index (χ1n) is 20.0. The molecule has 0 radical (unpaired) electrons. The maximum absolute atomic E-state index is 13.7. The largest absolute Gasteiger partial charge is 0.508 e. The smallest absolute Gasteiger partial charge is 0.255 e. The van der Waals surface area contributed by atoms with E-state index in [4.69, 9.17) is 23.1 Å². The number of carbonyl (C=O) groups excluding carboxylic acids is 6. The minimum atomic E-state index is -2.78. The SMILES string of the molecule is CN(C)[C@@H]1C(=O)C(C(N)=O)=C(O)[C@@]2(O)C(=O)C3=C(O)c4c(O)ccc(Cl)c4[C@@](C)(O)[C@H]3C[C@@H]12.CN(C)[C@@H]1C(=O)C(C(N)=O)=C(O)[C@@]2(O)C(=O)C3=C(O)c4c(O)cccc4[C@@](C)(O)[C@H]3C[C@@H]12.Cl. The number of benzene rings is 2. The molecule has 0 bridgehead atoms. The molecule has 14 N–H and O–H groups in total. The number of aromatic hydroxyl groups is 2. The summed E-state index contributed by atoms with van der Waals surface area (Å²) in [6.07, 6.45) is -0.459. The fraction of sp³-hybridized carbons (Fsp3) is 0.409. The molecule has 2 amide bonds.